The number of dihydropyridines is 1. The second kappa shape index (κ2) is 13.1. The number of hydrogen-bond donors (Lipinski definition) is 8. The quantitative estimate of drug-likeness (QED) is 0.192. The Morgan fingerprint density at radius 1 is 1.00 bits per heavy atom. The fourth-order valence-corrected chi connectivity index (χ4v) is 6.81. The fraction of sp³-hybridized carbons (Fsp3) is 0.371. The van der Waals surface area contributed by atoms with Gasteiger partial charge >= 0.3 is 0 Å². The molecule has 12 nitrogen and oxygen atoms in total. The van der Waals surface area contributed by atoms with Gasteiger partial charge in [0.25, 0.3) is 0 Å². The van der Waals surface area contributed by atoms with Crippen molar-refractivity contribution in [3.05, 3.63) is 112 Å². The smallest absolute Gasteiger partial charge is 0.229 e. The molecule has 0 unspecified atom stereocenters. The molecule has 7 atom stereocenters. The molecule has 4 aliphatic rings. The van der Waals surface area contributed by atoms with Crippen LogP contribution in [-0.4, -0.2) is 85.6 Å². The van der Waals surface area contributed by atoms with E-state index in [9.17, 15) is 40.2 Å². The van der Waals surface area contributed by atoms with Crippen molar-refractivity contribution < 1.29 is 49.7 Å². The van der Waals surface area contributed by atoms with Crippen LogP contribution in [0.5, 0.6) is 5.75 Å². The second-order valence-corrected chi connectivity index (χ2v) is 12.4. The third-order valence-electron chi connectivity index (χ3n) is 9.30. The van der Waals surface area contributed by atoms with Gasteiger partial charge in [0, 0.05) is 12.1 Å². The van der Waals surface area contributed by atoms with Gasteiger partial charge in [-0.05, 0) is 59.8 Å². The van der Waals surface area contributed by atoms with Crippen molar-refractivity contribution in [1.29, 1.82) is 0 Å². The maximum absolute atomic E-state index is 14.0. The summed E-state index contributed by atoms with van der Waals surface area (Å²) in [5.74, 6) is -3.12. The molecule has 47 heavy (non-hydrogen) atoms. The van der Waals surface area contributed by atoms with Crippen molar-refractivity contribution in [2.75, 3.05) is 13.2 Å². The summed E-state index contributed by atoms with van der Waals surface area (Å²) in [4.78, 5) is 27.8. The van der Waals surface area contributed by atoms with Crippen molar-refractivity contribution in [2.45, 2.75) is 56.1 Å². The fourth-order valence-electron chi connectivity index (χ4n) is 6.81. The van der Waals surface area contributed by atoms with Crippen LogP contribution < -0.4 is 15.8 Å². The van der Waals surface area contributed by atoms with Gasteiger partial charge in [0.05, 0.1) is 36.4 Å². The lowest BCUT2D eigenvalue weighted by atomic mass is 9.70. The normalized spacial score (nSPS) is 30.2. The lowest BCUT2D eigenvalue weighted by Crippen LogP contribution is -2.68. The number of nitrogens with one attached hydrogen (secondary N) is 1. The van der Waals surface area contributed by atoms with Gasteiger partial charge < -0.3 is 51.2 Å². The minimum atomic E-state index is -2.19. The highest BCUT2D eigenvalue weighted by Crippen LogP contribution is 2.43. The zero-order chi connectivity index (χ0) is 33.5. The van der Waals surface area contributed by atoms with Crippen LogP contribution in [0, 0.1) is 11.8 Å². The van der Waals surface area contributed by atoms with Gasteiger partial charge in [0.15, 0.2) is 11.6 Å². The second-order valence-electron chi connectivity index (χ2n) is 12.4. The van der Waals surface area contributed by atoms with Crippen LogP contribution in [0.25, 0.3) is 0 Å². The Hall–Kier alpha value is -4.30. The first-order chi connectivity index (χ1) is 22.5. The number of ketones is 2. The average Bonchev–Trinajstić information content (AvgIpc) is 3.06. The maximum Gasteiger partial charge on any atom is 0.229 e. The Bertz CT molecular complexity index is 1700. The van der Waals surface area contributed by atoms with Gasteiger partial charge in [-0.3, -0.25) is 9.59 Å². The van der Waals surface area contributed by atoms with E-state index in [0.29, 0.717) is 24.4 Å². The summed E-state index contributed by atoms with van der Waals surface area (Å²) in [7, 11) is 0. The highest BCUT2D eigenvalue weighted by molar-refractivity contribution is 6.19. The molecule has 12 heteroatoms. The van der Waals surface area contributed by atoms with Crippen molar-refractivity contribution in [1.82, 2.24) is 5.32 Å². The molecule has 248 valence electrons. The van der Waals surface area contributed by atoms with Gasteiger partial charge in [0.1, 0.15) is 35.4 Å². The predicted molar refractivity (Wildman–Crippen MR) is 168 cm³/mol. The molecule has 2 aliphatic carbocycles. The molecule has 6 rings (SSSR count). The molecule has 0 amide bonds. The standard InChI is InChI=1S/C35H38N2O10/c36-27-15-18(8-10-37-27)7-9-35(45)32(43)26(17-39)47-34(33(35)44)46-25-6-2-5-22-29(25)31(42)28-23(30(22)41)13-21(14-24(28)40)12-19-3-1-4-20(11-19)16-38/h1-6,8,11,13-15,23,26,28,32-34,37-40,43-45H,7,9-10,12,16-17,36H2/t23-,26+,28-,32+,33-,34+,35-/m0/s1. The highest BCUT2D eigenvalue weighted by atomic mass is 16.7. The first-order valence-corrected chi connectivity index (χ1v) is 15.5. The van der Waals surface area contributed by atoms with Crippen molar-refractivity contribution in [3.8, 4) is 5.75 Å². The molecule has 2 aromatic carbocycles. The number of aliphatic hydroxyl groups is 6. The van der Waals surface area contributed by atoms with E-state index in [2.05, 4.69) is 5.32 Å². The zero-order valence-corrected chi connectivity index (χ0v) is 25.5. The lowest BCUT2D eigenvalue weighted by Gasteiger charge is -2.48. The van der Waals surface area contributed by atoms with Gasteiger partial charge in [-0.25, -0.2) is 0 Å². The first kappa shape index (κ1) is 32.6. The number of ether oxygens (including phenoxy) is 2. The monoisotopic (exact) mass is 646 g/mol. The molecule has 2 aromatic rings. The summed E-state index contributed by atoms with van der Waals surface area (Å²) in [6.07, 6.45) is 0.614. The number of carbonyl (C=O) groups is 2. The van der Waals surface area contributed by atoms with Gasteiger partial charge in [0.2, 0.25) is 6.29 Å². The SMILES string of the molecule is NC1=CC(CC[C@]2(O)[C@H](O)[C@@H](CO)O[C@@H](Oc3cccc4c3C(=O)[C@@H]3C(O)=CC(Cc5cccc(CO)c5)=C[C@@H]3C4=O)[C@@H]2O)=CCN1. The first-order valence-electron chi connectivity index (χ1n) is 15.5. The zero-order valence-electron chi connectivity index (χ0n) is 25.5. The number of hydrogen-bond acceptors (Lipinski definition) is 12. The third kappa shape index (κ3) is 6.11. The molecule has 0 spiro atoms. The Morgan fingerprint density at radius 2 is 1.77 bits per heavy atom. The Morgan fingerprint density at radius 3 is 2.51 bits per heavy atom. The topological polar surface area (TPSA) is 212 Å². The summed E-state index contributed by atoms with van der Waals surface area (Å²) >= 11 is 0. The minimum absolute atomic E-state index is 0.0582. The van der Waals surface area contributed by atoms with E-state index in [-0.39, 0.29) is 42.1 Å². The van der Waals surface area contributed by atoms with E-state index in [1.54, 1.807) is 24.3 Å². The summed E-state index contributed by atoms with van der Waals surface area (Å²) in [5.41, 5.74) is 6.59. The molecular weight excluding hydrogens is 608 g/mol. The number of aliphatic hydroxyl groups excluding tert-OH is 5. The average molecular weight is 647 g/mol. The minimum Gasteiger partial charge on any atom is -0.511 e. The van der Waals surface area contributed by atoms with Crippen molar-refractivity contribution >= 4 is 11.6 Å². The van der Waals surface area contributed by atoms with Gasteiger partial charge in [-0.1, -0.05) is 48.6 Å². The molecular formula is C35H38N2O10. The maximum atomic E-state index is 14.0. The van der Waals surface area contributed by atoms with E-state index in [1.807, 2.05) is 18.2 Å². The Balaban J connectivity index is 1.27. The van der Waals surface area contributed by atoms with E-state index >= 15 is 0 Å². The van der Waals surface area contributed by atoms with E-state index in [4.69, 9.17) is 15.2 Å². The summed E-state index contributed by atoms with van der Waals surface area (Å²) in [6.45, 7) is -0.357. The number of carbonyl (C=O) groups excluding carboxylic acids is 2. The highest BCUT2D eigenvalue weighted by Gasteiger charge is 2.56. The number of benzene rings is 2. The summed E-state index contributed by atoms with van der Waals surface area (Å²) in [5, 5.41) is 67.3. The number of nitrogens with two attached hydrogens (primary N) is 1. The number of rotatable bonds is 9. The van der Waals surface area contributed by atoms with Crippen LogP contribution in [0.1, 0.15) is 44.7 Å². The molecule has 9 N–H and O–H groups in total. The molecule has 2 aliphatic heterocycles. The largest absolute Gasteiger partial charge is 0.511 e. The van der Waals surface area contributed by atoms with Crippen LogP contribution in [0.3, 0.4) is 0 Å². The van der Waals surface area contributed by atoms with Crippen molar-refractivity contribution in [3.63, 3.8) is 0 Å². The van der Waals surface area contributed by atoms with Crippen LogP contribution in [0.2, 0.25) is 0 Å². The molecule has 0 radical (unpaired) electrons. The van der Waals surface area contributed by atoms with E-state index < -0.39 is 60.2 Å². The van der Waals surface area contributed by atoms with E-state index in [1.165, 1.54) is 24.3 Å². The predicted octanol–water partition coefficient (Wildman–Crippen LogP) is 1.07. The number of allylic oxidation sites excluding steroid dienone is 6. The van der Waals surface area contributed by atoms with Gasteiger partial charge in [-0.15, -0.1) is 0 Å². The van der Waals surface area contributed by atoms with Crippen LogP contribution in [0.15, 0.2) is 89.5 Å². The molecule has 1 fully saturated rings. The summed E-state index contributed by atoms with van der Waals surface area (Å²) < 4.78 is 11.7. The Labute approximate surface area is 270 Å². The molecule has 2 heterocycles. The van der Waals surface area contributed by atoms with Crippen LogP contribution in [-0.2, 0) is 17.8 Å². The van der Waals surface area contributed by atoms with Gasteiger partial charge in [-0.2, -0.15) is 0 Å². The van der Waals surface area contributed by atoms with Crippen LogP contribution >= 0.6 is 0 Å². The van der Waals surface area contributed by atoms with Crippen LogP contribution in [0.4, 0.5) is 0 Å². The lowest BCUT2D eigenvalue weighted by molar-refractivity contribution is -0.315. The van der Waals surface area contributed by atoms with E-state index in [0.717, 1.165) is 16.7 Å². The summed E-state index contributed by atoms with van der Waals surface area (Å²) in [6, 6.07) is 11.7. The molecule has 0 bridgehead atoms. The van der Waals surface area contributed by atoms with Crippen molar-refractivity contribution in [2.24, 2.45) is 17.6 Å². The third-order valence-corrected chi connectivity index (χ3v) is 9.30. The number of fused-ring (bicyclic) bond motifs is 2. The Kier molecular flexibility index (Phi) is 9.07. The molecule has 0 saturated carbocycles. The molecule has 0 aromatic heterocycles. The number of Topliss-reactive ketones (excluding diaryl/α,β-unsaturated/α-hetero) is 2. The molecule has 1 saturated heterocycles.